The highest BCUT2D eigenvalue weighted by Gasteiger charge is 2.51. The minimum absolute atomic E-state index is 0.0271. The van der Waals surface area contributed by atoms with Gasteiger partial charge in [-0.1, -0.05) is 19.4 Å². The van der Waals surface area contributed by atoms with E-state index >= 15 is 8.78 Å². The van der Waals surface area contributed by atoms with Crippen LogP contribution in [-0.4, -0.2) is 87.2 Å². The molecule has 2 aromatic heterocycles. The van der Waals surface area contributed by atoms with Gasteiger partial charge in [-0.3, -0.25) is 9.88 Å². The second kappa shape index (κ2) is 13.8. The van der Waals surface area contributed by atoms with E-state index in [9.17, 15) is 10.2 Å². The fraction of sp³-hybridized carbons (Fsp3) is 0.605. The van der Waals surface area contributed by atoms with E-state index in [0.717, 1.165) is 58.3 Å². The van der Waals surface area contributed by atoms with Gasteiger partial charge in [0, 0.05) is 49.0 Å². The van der Waals surface area contributed by atoms with Crippen molar-refractivity contribution in [2.24, 2.45) is 10.8 Å². The third-order valence-corrected chi connectivity index (χ3v) is 13.9. The number of ether oxygens (including phenoxy) is 2. The van der Waals surface area contributed by atoms with E-state index in [4.69, 9.17) is 19.4 Å². The first kappa shape index (κ1) is 36.0. The van der Waals surface area contributed by atoms with Gasteiger partial charge in [-0.25, -0.2) is 8.78 Å². The molecule has 5 aliphatic rings. The summed E-state index contributed by atoms with van der Waals surface area (Å²) in [7, 11) is 0. The zero-order chi connectivity index (χ0) is 37.2. The van der Waals surface area contributed by atoms with E-state index in [1.54, 1.807) is 18.3 Å². The summed E-state index contributed by atoms with van der Waals surface area (Å²) in [6.45, 7) is 8.04. The second-order valence-electron chi connectivity index (χ2n) is 17.4. The second-order valence-corrected chi connectivity index (χ2v) is 17.4. The summed E-state index contributed by atoms with van der Waals surface area (Å²) in [4.78, 5) is 19.1. The van der Waals surface area contributed by atoms with Crippen LogP contribution in [0.5, 0.6) is 11.8 Å². The first-order valence-electron chi connectivity index (χ1n) is 20.3. The topological polar surface area (TPSA) is 104 Å². The van der Waals surface area contributed by atoms with Gasteiger partial charge in [-0.2, -0.15) is 9.97 Å². The minimum Gasteiger partial charge on any atom is -0.508 e. The van der Waals surface area contributed by atoms with Crippen molar-refractivity contribution in [1.29, 1.82) is 0 Å². The smallest absolute Gasteiger partial charge is 0.319 e. The molecule has 3 atom stereocenters. The molecule has 5 fully saturated rings. The van der Waals surface area contributed by atoms with Gasteiger partial charge in [-0.05, 0) is 130 Å². The van der Waals surface area contributed by atoms with Crippen molar-refractivity contribution >= 4 is 27.5 Å². The van der Waals surface area contributed by atoms with E-state index in [1.165, 1.54) is 44.2 Å². The van der Waals surface area contributed by atoms with Crippen molar-refractivity contribution in [3.8, 4) is 23.0 Å². The molecule has 4 aromatic rings. The van der Waals surface area contributed by atoms with Crippen LogP contribution in [-0.2, 0) is 11.2 Å². The average molecular weight is 742 g/mol. The monoisotopic (exact) mass is 741 g/mol. The number of nitrogens with zero attached hydrogens (tertiary/aromatic N) is 5. The lowest BCUT2D eigenvalue weighted by Crippen LogP contribution is -2.56. The molecule has 3 saturated heterocycles. The number of fused-ring (bicyclic) bond motifs is 3. The summed E-state index contributed by atoms with van der Waals surface area (Å²) in [5.74, 6) is -0.668. The van der Waals surface area contributed by atoms with Gasteiger partial charge in [0.25, 0.3) is 0 Å². The summed E-state index contributed by atoms with van der Waals surface area (Å²) in [5.41, 5.74) is 0.180. The Morgan fingerprint density at radius 1 is 0.981 bits per heavy atom. The Morgan fingerprint density at radius 3 is 2.57 bits per heavy atom. The van der Waals surface area contributed by atoms with Crippen LogP contribution in [0.1, 0.15) is 96.5 Å². The number of hydrogen-bond acceptors (Lipinski definition) is 9. The molecule has 3 aliphatic heterocycles. The number of phenolic OH excluding ortho intramolecular Hbond substituents is 1. The highest BCUT2D eigenvalue weighted by Crippen LogP contribution is 2.52. The third kappa shape index (κ3) is 6.28. The standard InChI is InChI=1S/C43H53F2N5O4/c1-3-30-33(44)9-8-27-21-29(51)22-31(35(27)30)37-36(45)38-32(23-46-37)39(49-18-5-12-41(2,52)24-49)48-40(47-38)54-26-43-13-4-7-34(43)50(19-6-14-43)28-10-15-42(16-11-28)17-20-53-25-42/h8-9,21-23,28,34,51-52H,3-7,10-20,24-26H2,1-2H3. The molecule has 5 heterocycles. The van der Waals surface area contributed by atoms with Crippen molar-refractivity contribution < 1.29 is 28.5 Å². The van der Waals surface area contributed by atoms with Crippen LogP contribution in [0.4, 0.5) is 14.6 Å². The molecule has 11 heteroatoms. The van der Waals surface area contributed by atoms with Crippen LogP contribution in [0.2, 0.25) is 0 Å². The van der Waals surface area contributed by atoms with Gasteiger partial charge in [0.1, 0.15) is 28.6 Å². The Kier molecular flexibility index (Phi) is 9.21. The van der Waals surface area contributed by atoms with Crippen molar-refractivity contribution in [3.63, 3.8) is 0 Å². The number of aliphatic hydroxyl groups is 1. The zero-order valence-electron chi connectivity index (χ0n) is 31.7. The molecule has 0 bridgehead atoms. The van der Waals surface area contributed by atoms with Crippen LogP contribution in [0.15, 0.2) is 30.5 Å². The Labute approximate surface area is 316 Å². The summed E-state index contributed by atoms with van der Waals surface area (Å²) in [6, 6.07) is 7.10. The van der Waals surface area contributed by atoms with Crippen LogP contribution >= 0.6 is 0 Å². The summed E-state index contributed by atoms with van der Waals surface area (Å²) in [5, 5.41) is 23.3. The molecule has 9 nitrogen and oxygen atoms in total. The Balaban J connectivity index is 1.08. The van der Waals surface area contributed by atoms with E-state index < -0.39 is 17.2 Å². The fourth-order valence-electron chi connectivity index (χ4n) is 11.1. The van der Waals surface area contributed by atoms with E-state index in [0.29, 0.717) is 83.1 Å². The molecular weight excluding hydrogens is 689 g/mol. The van der Waals surface area contributed by atoms with E-state index in [1.807, 2.05) is 18.7 Å². The first-order chi connectivity index (χ1) is 26.1. The number of rotatable bonds is 7. The Hall–Kier alpha value is -3.67. The lowest BCUT2D eigenvalue weighted by atomic mass is 9.69. The van der Waals surface area contributed by atoms with Crippen molar-refractivity contribution in [3.05, 3.63) is 47.7 Å². The van der Waals surface area contributed by atoms with E-state index in [-0.39, 0.29) is 28.4 Å². The predicted octanol–water partition coefficient (Wildman–Crippen LogP) is 8.11. The molecule has 288 valence electrons. The highest BCUT2D eigenvalue weighted by molar-refractivity contribution is 6.01. The maximum atomic E-state index is 17.1. The molecule has 54 heavy (non-hydrogen) atoms. The fourth-order valence-corrected chi connectivity index (χ4v) is 11.1. The number of piperidine rings is 2. The van der Waals surface area contributed by atoms with Crippen LogP contribution in [0.25, 0.3) is 32.9 Å². The van der Waals surface area contributed by atoms with Gasteiger partial charge in [-0.15, -0.1) is 0 Å². The lowest BCUT2D eigenvalue weighted by Gasteiger charge is -2.51. The number of aromatic nitrogens is 3. The summed E-state index contributed by atoms with van der Waals surface area (Å²) >= 11 is 0. The van der Waals surface area contributed by atoms with Gasteiger partial charge in [0.05, 0.1) is 24.2 Å². The molecule has 2 saturated carbocycles. The average Bonchev–Trinajstić information content (AvgIpc) is 3.81. The van der Waals surface area contributed by atoms with Gasteiger partial charge in [0.15, 0.2) is 5.82 Å². The van der Waals surface area contributed by atoms with Crippen LogP contribution in [0, 0.1) is 22.5 Å². The van der Waals surface area contributed by atoms with Gasteiger partial charge >= 0.3 is 6.01 Å². The van der Waals surface area contributed by atoms with Crippen molar-refractivity contribution in [2.75, 3.05) is 44.4 Å². The number of β-amino-alcohol motifs (C(OH)–C–C–N with tert-alkyl or cyclic N) is 1. The number of pyridine rings is 1. The number of phenols is 1. The van der Waals surface area contributed by atoms with Gasteiger partial charge < -0.3 is 24.6 Å². The molecule has 0 radical (unpaired) electrons. The highest BCUT2D eigenvalue weighted by atomic mass is 19.1. The SMILES string of the molecule is CCc1c(F)ccc2cc(O)cc(-c3ncc4c(N5CCCC(C)(O)C5)nc(OCC56CCCC5N(C5CCC7(CCOC7)CC5)CCC6)nc4c3F)c12. The maximum Gasteiger partial charge on any atom is 0.319 e. The normalized spacial score (nSPS) is 30.4. The molecule has 2 aliphatic carbocycles. The number of anilines is 1. The Morgan fingerprint density at radius 2 is 1.80 bits per heavy atom. The quantitative estimate of drug-likeness (QED) is 0.195. The maximum absolute atomic E-state index is 17.1. The number of halogens is 2. The number of likely N-dealkylation sites (tertiary alicyclic amines) is 1. The molecule has 3 unspecified atom stereocenters. The number of hydrogen-bond donors (Lipinski definition) is 2. The van der Waals surface area contributed by atoms with Gasteiger partial charge in [0.2, 0.25) is 0 Å². The third-order valence-electron chi connectivity index (χ3n) is 13.9. The summed E-state index contributed by atoms with van der Waals surface area (Å²) < 4.78 is 44.7. The molecule has 2 aromatic carbocycles. The molecule has 2 N–H and O–H groups in total. The van der Waals surface area contributed by atoms with E-state index in [2.05, 4.69) is 9.88 Å². The predicted molar refractivity (Wildman–Crippen MR) is 205 cm³/mol. The van der Waals surface area contributed by atoms with Crippen LogP contribution in [0.3, 0.4) is 0 Å². The van der Waals surface area contributed by atoms with Crippen LogP contribution < -0.4 is 9.64 Å². The first-order valence-corrected chi connectivity index (χ1v) is 20.3. The number of aromatic hydroxyl groups is 1. The zero-order valence-corrected chi connectivity index (χ0v) is 31.7. The van der Waals surface area contributed by atoms with Crippen molar-refractivity contribution in [2.45, 2.75) is 115 Å². The molecule has 9 rings (SSSR count). The Bertz CT molecular complexity index is 2060. The molecular formula is C43H53F2N5O4. The van der Waals surface area contributed by atoms with Crippen molar-refractivity contribution in [1.82, 2.24) is 19.9 Å². The minimum atomic E-state index is -0.936. The molecule has 1 spiro atoms. The largest absolute Gasteiger partial charge is 0.508 e. The molecule has 0 amide bonds. The lowest BCUT2D eigenvalue weighted by molar-refractivity contribution is -0.0405. The number of benzene rings is 2. The number of aryl methyl sites for hydroxylation is 1. The summed E-state index contributed by atoms with van der Waals surface area (Å²) in [6.07, 6.45) is 15.1.